The van der Waals surface area contributed by atoms with Crippen molar-refractivity contribution in [1.82, 2.24) is 0 Å². The molecule has 116 valence electrons. The average molecular weight is 315 g/mol. The molecule has 2 aromatic carbocycles. The molecule has 0 saturated heterocycles. The van der Waals surface area contributed by atoms with Crippen LogP contribution >= 0.6 is 0 Å². The van der Waals surface area contributed by atoms with Crippen LogP contribution in [0.15, 0.2) is 36.4 Å². The number of methoxy groups -OCH3 is 1. The number of carbonyl (C=O) groups excluding carboxylic acids is 3. The van der Waals surface area contributed by atoms with Gasteiger partial charge in [-0.25, -0.2) is 14.1 Å². The van der Waals surface area contributed by atoms with Gasteiger partial charge in [0, 0.05) is 0 Å². The van der Waals surface area contributed by atoms with E-state index in [9.17, 15) is 23.9 Å². The van der Waals surface area contributed by atoms with Gasteiger partial charge in [-0.05, 0) is 24.3 Å². The number of fused-ring (bicyclic) bond motifs is 1. The molecule has 0 bridgehead atoms. The molecule has 1 N–H and O–H groups in total. The number of imide groups is 1. The maximum Gasteiger partial charge on any atom is 0.338 e. The molecule has 0 radical (unpaired) electrons. The van der Waals surface area contributed by atoms with Crippen molar-refractivity contribution >= 4 is 23.5 Å². The van der Waals surface area contributed by atoms with E-state index in [1.807, 2.05) is 0 Å². The summed E-state index contributed by atoms with van der Waals surface area (Å²) in [7, 11) is 1.11. The summed E-state index contributed by atoms with van der Waals surface area (Å²) < 4.78 is 18.4. The van der Waals surface area contributed by atoms with E-state index in [2.05, 4.69) is 4.74 Å². The lowest BCUT2D eigenvalue weighted by Crippen LogP contribution is -2.29. The number of carbonyl (C=O) groups is 3. The highest BCUT2D eigenvalue weighted by Gasteiger charge is 2.38. The molecule has 2 amide bonds. The van der Waals surface area contributed by atoms with Crippen LogP contribution in [0.5, 0.6) is 5.75 Å². The Morgan fingerprint density at radius 2 is 1.70 bits per heavy atom. The van der Waals surface area contributed by atoms with Gasteiger partial charge in [0.2, 0.25) is 0 Å². The van der Waals surface area contributed by atoms with Crippen LogP contribution in [0.2, 0.25) is 0 Å². The van der Waals surface area contributed by atoms with Crippen molar-refractivity contribution in [3.63, 3.8) is 0 Å². The average Bonchev–Trinajstić information content (AvgIpc) is 2.81. The van der Waals surface area contributed by atoms with Gasteiger partial charge in [0.05, 0.1) is 29.5 Å². The Labute approximate surface area is 129 Å². The molecule has 0 aromatic heterocycles. The van der Waals surface area contributed by atoms with Crippen LogP contribution in [0.3, 0.4) is 0 Å². The van der Waals surface area contributed by atoms with Gasteiger partial charge in [-0.2, -0.15) is 0 Å². The number of hydrogen-bond donors (Lipinski definition) is 1. The number of hydrogen-bond acceptors (Lipinski definition) is 5. The van der Waals surface area contributed by atoms with Crippen molar-refractivity contribution in [3.8, 4) is 5.75 Å². The summed E-state index contributed by atoms with van der Waals surface area (Å²) in [6.07, 6.45) is 0. The number of rotatable bonds is 2. The van der Waals surface area contributed by atoms with Crippen molar-refractivity contribution in [3.05, 3.63) is 58.9 Å². The number of phenols is 1. The molecule has 0 aliphatic carbocycles. The van der Waals surface area contributed by atoms with Gasteiger partial charge in [0.15, 0.2) is 11.6 Å². The fourth-order valence-electron chi connectivity index (χ4n) is 2.40. The maximum absolute atomic E-state index is 13.9. The highest BCUT2D eigenvalue weighted by atomic mass is 19.1. The van der Waals surface area contributed by atoms with E-state index in [1.165, 1.54) is 12.1 Å². The van der Waals surface area contributed by atoms with Crippen LogP contribution in [0.25, 0.3) is 0 Å². The Balaban J connectivity index is 2.17. The smallest absolute Gasteiger partial charge is 0.338 e. The third-order valence-electron chi connectivity index (χ3n) is 3.50. The van der Waals surface area contributed by atoms with E-state index in [4.69, 9.17) is 0 Å². The van der Waals surface area contributed by atoms with Crippen LogP contribution in [0.1, 0.15) is 31.1 Å². The SMILES string of the molecule is COC(=O)c1cc(F)c(O)c(N2C(=O)c3ccccc3C2=O)c1. The number of nitrogens with zero attached hydrogens (tertiary/aromatic N) is 1. The fourth-order valence-corrected chi connectivity index (χ4v) is 2.40. The summed E-state index contributed by atoms with van der Waals surface area (Å²) >= 11 is 0. The molecule has 1 aliphatic rings. The second-order valence-corrected chi connectivity index (χ2v) is 4.81. The highest BCUT2D eigenvalue weighted by molar-refractivity contribution is 6.34. The molecule has 7 heteroatoms. The normalized spacial score (nSPS) is 13.2. The number of anilines is 1. The van der Waals surface area contributed by atoms with Crippen molar-refractivity contribution < 1.29 is 28.6 Å². The quantitative estimate of drug-likeness (QED) is 0.678. The Kier molecular flexibility index (Phi) is 3.33. The molecule has 1 aliphatic heterocycles. The Morgan fingerprint density at radius 3 is 2.22 bits per heavy atom. The first-order chi connectivity index (χ1) is 11.0. The zero-order valence-corrected chi connectivity index (χ0v) is 11.9. The number of ether oxygens (including phenoxy) is 1. The number of aromatic hydroxyl groups is 1. The Bertz CT molecular complexity index is 827. The molecule has 6 nitrogen and oxygen atoms in total. The maximum atomic E-state index is 13.9. The summed E-state index contributed by atoms with van der Waals surface area (Å²) in [6.45, 7) is 0. The molecular weight excluding hydrogens is 305 g/mol. The van der Waals surface area contributed by atoms with Gasteiger partial charge < -0.3 is 9.84 Å². The molecular formula is C16H10FNO5. The zero-order valence-electron chi connectivity index (χ0n) is 11.9. The molecule has 0 saturated carbocycles. The van der Waals surface area contributed by atoms with Crippen LogP contribution in [0, 0.1) is 5.82 Å². The molecule has 1 heterocycles. The summed E-state index contributed by atoms with van der Waals surface area (Å²) in [5.74, 6) is -4.31. The van der Waals surface area contributed by atoms with Gasteiger partial charge in [0.25, 0.3) is 11.8 Å². The van der Waals surface area contributed by atoms with Gasteiger partial charge in [0.1, 0.15) is 0 Å². The first-order valence-electron chi connectivity index (χ1n) is 6.54. The molecule has 2 aromatic rings. The Morgan fingerprint density at radius 1 is 1.13 bits per heavy atom. The fraction of sp³-hybridized carbons (Fsp3) is 0.0625. The van der Waals surface area contributed by atoms with Crippen molar-refractivity contribution in [2.24, 2.45) is 0 Å². The number of halogens is 1. The summed E-state index contributed by atoms with van der Waals surface area (Å²) in [5, 5.41) is 9.88. The lowest BCUT2D eigenvalue weighted by atomic mass is 10.1. The topological polar surface area (TPSA) is 83.9 Å². The molecule has 0 atom stereocenters. The minimum absolute atomic E-state index is 0.140. The molecule has 0 fully saturated rings. The lowest BCUT2D eigenvalue weighted by Gasteiger charge is -2.16. The molecule has 0 unspecified atom stereocenters. The van der Waals surface area contributed by atoms with E-state index < -0.39 is 35.0 Å². The third kappa shape index (κ3) is 2.13. The van der Waals surface area contributed by atoms with E-state index in [0.717, 1.165) is 19.2 Å². The summed E-state index contributed by atoms with van der Waals surface area (Å²) in [5.41, 5.74) is -0.354. The van der Waals surface area contributed by atoms with Crippen molar-refractivity contribution in [2.45, 2.75) is 0 Å². The molecule has 3 rings (SSSR count). The summed E-state index contributed by atoms with van der Waals surface area (Å²) in [6, 6.07) is 7.87. The van der Waals surface area contributed by atoms with Crippen LogP contribution in [0.4, 0.5) is 10.1 Å². The standard InChI is InChI=1S/C16H10FNO5/c1-23-16(22)8-6-11(17)13(19)12(7-8)18-14(20)9-4-2-3-5-10(9)15(18)21/h2-7,19H,1H3. The predicted octanol–water partition coefficient (Wildman–Crippen LogP) is 2.12. The van der Waals surface area contributed by atoms with Crippen molar-refractivity contribution in [2.75, 3.05) is 12.0 Å². The van der Waals surface area contributed by atoms with Gasteiger partial charge >= 0.3 is 5.97 Å². The largest absolute Gasteiger partial charge is 0.503 e. The van der Waals surface area contributed by atoms with Crippen LogP contribution < -0.4 is 4.90 Å². The van der Waals surface area contributed by atoms with Gasteiger partial charge in [-0.1, -0.05) is 12.1 Å². The van der Waals surface area contributed by atoms with E-state index in [0.29, 0.717) is 4.90 Å². The van der Waals surface area contributed by atoms with Gasteiger partial charge in [-0.15, -0.1) is 0 Å². The number of esters is 1. The monoisotopic (exact) mass is 315 g/mol. The third-order valence-corrected chi connectivity index (χ3v) is 3.50. The Hall–Kier alpha value is -3.22. The predicted molar refractivity (Wildman–Crippen MR) is 77.0 cm³/mol. The minimum Gasteiger partial charge on any atom is -0.503 e. The first kappa shape index (κ1) is 14.7. The first-order valence-corrected chi connectivity index (χ1v) is 6.54. The number of amides is 2. The lowest BCUT2D eigenvalue weighted by molar-refractivity contribution is 0.0599. The van der Waals surface area contributed by atoms with E-state index >= 15 is 0 Å². The van der Waals surface area contributed by atoms with Crippen LogP contribution in [-0.4, -0.2) is 30.0 Å². The second kappa shape index (κ2) is 5.20. The van der Waals surface area contributed by atoms with Gasteiger partial charge in [-0.3, -0.25) is 9.59 Å². The second-order valence-electron chi connectivity index (χ2n) is 4.81. The number of phenolic OH excluding ortho intramolecular Hbond substituents is 1. The molecule has 0 spiro atoms. The zero-order chi connectivity index (χ0) is 16.7. The number of benzene rings is 2. The highest BCUT2D eigenvalue weighted by Crippen LogP contribution is 2.36. The van der Waals surface area contributed by atoms with E-state index in [-0.39, 0.29) is 16.7 Å². The molecule has 23 heavy (non-hydrogen) atoms. The summed E-state index contributed by atoms with van der Waals surface area (Å²) in [4.78, 5) is 37.0. The van der Waals surface area contributed by atoms with Crippen molar-refractivity contribution in [1.29, 1.82) is 0 Å². The van der Waals surface area contributed by atoms with E-state index in [1.54, 1.807) is 12.1 Å². The minimum atomic E-state index is -1.14. The van der Waals surface area contributed by atoms with Crippen LogP contribution in [-0.2, 0) is 4.74 Å².